The molecule has 1 aromatic heterocycles. The topological polar surface area (TPSA) is 71.5 Å². The van der Waals surface area contributed by atoms with Crippen molar-refractivity contribution >= 4 is 22.5 Å². The summed E-state index contributed by atoms with van der Waals surface area (Å²) >= 11 is 0.798. The molecule has 3 aliphatic rings. The van der Waals surface area contributed by atoms with E-state index in [1.54, 1.807) is 6.20 Å². The number of hydrogen-bond donors (Lipinski definition) is 3. The van der Waals surface area contributed by atoms with Gasteiger partial charge in [-0.05, 0) is 57.6 Å². The van der Waals surface area contributed by atoms with Crippen molar-refractivity contribution in [1.82, 2.24) is 10.3 Å². The summed E-state index contributed by atoms with van der Waals surface area (Å²) < 4.78 is 5.26. The van der Waals surface area contributed by atoms with Crippen molar-refractivity contribution in [2.75, 3.05) is 6.54 Å². The molecule has 1 amide bonds. The number of amides is 1. The lowest BCUT2D eigenvalue weighted by Gasteiger charge is -2.70. The molecular formula is C17H24N2O3S. The Morgan fingerprint density at radius 3 is 2.65 bits per heavy atom. The van der Waals surface area contributed by atoms with Crippen molar-refractivity contribution in [3.63, 3.8) is 0 Å². The highest BCUT2D eigenvalue weighted by atomic mass is 32.1. The fourth-order valence-corrected chi connectivity index (χ4v) is 4.62. The van der Waals surface area contributed by atoms with Crippen LogP contribution in [0.3, 0.4) is 0 Å². The summed E-state index contributed by atoms with van der Waals surface area (Å²) in [6.45, 7) is 6.18. The summed E-state index contributed by atoms with van der Waals surface area (Å²) in [5, 5.41) is 14.7. The van der Waals surface area contributed by atoms with Crippen molar-refractivity contribution in [2.24, 2.45) is 10.8 Å². The molecule has 3 fully saturated rings. The molecule has 0 radical (unpaired) electrons. The highest BCUT2D eigenvalue weighted by molar-refractivity contribution is 7.98. The molecule has 6 heteroatoms. The summed E-state index contributed by atoms with van der Waals surface area (Å²) in [4.78, 5) is 16.0. The first-order valence-corrected chi connectivity index (χ1v) is 8.78. The number of carbonyl (C=O) groups is 1. The number of aliphatic hydroxyl groups is 1. The molecule has 4 rings (SSSR count). The SMILES string of the molecule is CC(C)(C)OC(=O)NCC12CC(C(O)=[SH]c3ccccn3)(C1)C2. The Balaban J connectivity index is 1.50. The first-order chi connectivity index (χ1) is 10.7. The van der Waals surface area contributed by atoms with E-state index >= 15 is 0 Å². The number of aliphatic hydroxyl groups excluding tert-OH is 1. The lowest BCUT2D eigenvalue weighted by atomic mass is 9.35. The zero-order valence-electron chi connectivity index (χ0n) is 13.8. The van der Waals surface area contributed by atoms with Crippen molar-refractivity contribution < 1.29 is 14.6 Å². The van der Waals surface area contributed by atoms with Crippen LogP contribution in [0.5, 0.6) is 0 Å². The van der Waals surface area contributed by atoms with E-state index in [1.807, 2.05) is 39.0 Å². The maximum atomic E-state index is 11.7. The smallest absolute Gasteiger partial charge is 0.407 e. The molecular weight excluding hydrogens is 312 g/mol. The Morgan fingerprint density at radius 1 is 1.39 bits per heavy atom. The molecule has 0 saturated heterocycles. The molecule has 5 nitrogen and oxygen atoms in total. The normalized spacial score (nSPS) is 29.7. The number of aromatic nitrogens is 1. The molecule has 1 aromatic rings. The van der Waals surface area contributed by atoms with Crippen LogP contribution in [-0.2, 0) is 4.74 Å². The van der Waals surface area contributed by atoms with E-state index in [2.05, 4.69) is 10.3 Å². The van der Waals surface area contributed by atoms with E-state index in [1.165, 1.54) is 0 Å². The van der Waals surface area contributed by atoms with Gasteiger partial charge in [0.2, 0.25) is 0 Å². The van der Waals surface area contributed by atoms with Crippen LogP contribution in [-0.4, -0.2) is 33.4 Å². The van der Waals surface area contributed by atoms with E-state index in [0.29, 0.717) is 11.6 Å². The van der Waals surface area contributed by atoms with E-state index in [9.17, 15) is 9.90 Å². The Morgan fingerprint density at radius 2 is 2.09 bits per heavy atom. The number of carbonyl (C=O) groups excluding carboxylic acids is 1. The van der Waals surface area contributed by atoms with Crippen LogP contribution in [0.15, 0.2) is 29.4 Å². The zero-order chi connectivity index (χ0) is 16.7. The number of ether oxygens (including phenoxy) is 1. The van der Waals surface area contributed by atoms with Gasteiger partial charge in [0.15, 0.2) is 0 Å². The van der Waals surface area contributed by atoms with Crippen LogP contribution in [0.2, 0.25) is 0 Å². The molecule has 0 unspecified atom stereocenters. The minimum absolute atomic E-state index is 0.0608. The second-order valence-corrected chi connectivity index (χ2v) is 8.89. The van der Waals surface area contributed by atoms with Crippen LogP contribution >= 0.6 is 11.4 Å². The molecule has 0 aliphatic heterocycles. The third kappa shape index (κ3) is 3.43. The number of nitrogens with one attached hydrogen (secondary N) is 1. The molecule has 0 spiro atoms. The second kappa shape index (κ2) is 5.60. The Hall–Kier alpha value is -1.40. The zero-order valence-corrected chi connectivity index (χ0v) is 14.7. The van der Waals surface area contributed by atoms with Crippen LogP contribution in [0.4, 0.5) is 4.79 Å². The number of thiol groups is 1. The third-order valence-electron chi connectivity index (χ3n) is 4.49. The minimum Gasteiger partial charge on any atom is -0.444 e. The van der Waals surface area contributed by atoms with Crippen molar-refractivity contribution in [3.8, 4) is 0 Å². The molecule has 2 bridgehead atoms. The highest BCUT2D eigenvalue weighted by Gasteiger charge is 2.69. The van der Waals surface area contributed by atoms with Gasteiger partial charge >= 0.3 is 6.09 Å². The molecule has 0 atom stereocenters. The van der Waals surface area contributed by atoms with Crippen molar-refractivity contribution in [2.45, 2.75) is 50.7 Å². The van der Waals surface area contributed by atoms with Gasteiger partial charge in [-0.15, -0.1) is 11.4 Å². The molecule has 0 aromatic carbocycles. The fraction of sp³-hybridized carbons (Fsp3) is 0.588. The van der Waals surface area contributed by atoms with E-state index in [0.717, 1.165) is 35.6 Å². The lowest BCUT2D eigenvalue weighted by Crippen LogP contribution is -2.68. The van der Waals surface area contributed by atoms with Crippen molar-refractivity contribution in [1.29, 1.82) is 0 Å². The Labute approximate surface area is 140 Å². The maximum absolute atomic E-state index is 11.7. The number of nitrogens with zero attached hydrogens (tertiary/aromatic N) is 1. The largest absolute Gasteiger partial charge is 0.444 e. The monoisotopic (exact) mass is 336 g/mol. The van der Waals surface area contributed by atoms with Crippen molar-refractivity contribution in [3.05, 3.63) is 24.4 Å². The minimum atomic E-state index is -0.474. The van der Waals surface area contributed by atoms with Gasteiger partial charge in [0.25, 0.3) is 0 Å². The molecule has 1 heterocycles. The Bertz CT molecular complexity index is 617. The first kappa shape index (κ1) is 16.5. The van der Waals surface area contributed by atoms with Gasteiger partial charge in [-0.2, -0.15) is 0 Å². The van der Waals surface area contributed by atoms with Gasteiger partial charge in [0.05, 0.1) is 10.1 Å². The average molecular weight is 336 g/mol. The summed E-state index contributed by atoms with van der Waals surface area (Å²) in [7, 11) is 0. The first-order valence-electron chi connectivity index (χ1n) is 7.88. The van der Waals surface area contributed by atoms with E-state index < -0.39 is 5.60 Å². The third-order valence-corrected chi connectivity index (χ3v) is 5.67. The Kier molecular flexibility index (Phi) is 4.01. The quantitative estimate of drug-likeness (QED) is 0.583. The van der Waals surface area contributed by atoms with Crippen LogP contribution in [0, 0.1) is 10.8 Å². The molecule has 23 heavy (non-hydrogen) atoms. The van der Waals surface area contributed by atoms with Gasteiger partial charge in [-0.25, -0.2) is 4.79 Å². The van der Waals surface area contributed by atoms with E-state index in [4.69, 9.17) is 4.74 Å². The maximum Gasteiger partial charge on any atom is 0.407 e. The summed E-state index contributed by atoms with van der Waals surface area (Å²) in [5.74, 6) is 0. The molecule has 2 N–H and O–H groups in total. The second-order valence-electron chi connectivity index (χ2n) is 7.79. The summed E-state index contributed by atoms with van der Waals surface area (Å²) in [6.07, 6.45) is 4.17. The number of alkyl carbamates (subject to hydrolysis) is 1. The average Bonchev–Trinajstić information content (AvgIpc) is 2.34. The predicted octanol–water partition coefficient (Wildman–Crippen LogP) is 3.29. The number of rotatable bonds is 4. The number of pyridine rings is 1. The highest BCUT2D eigenvalue weighted by Crippen LogP contribution is 2.73. The van der Waals surface area contributed by atoms with Gasteiger partial charge in [0, 0.05) is 18.2 Å². The molecule has 3 saturated carbocycles. The predicted molar refractivity (Wildman–Crippen MR) is 92.1 cm³/mol. The van der Waals surface area contributed by atoms with Crippen LogP contribution in [0.1, 0.15) is 40.0 Å². The number of hydrogen-bond acceptors (Lipinski definition) is 3. The van der Waals surface area contributed by atoms with Crippen LogP contribution < -0.4 is 5.32 Å². The fourth-order valence-electron chi connectivity index (χ4n) is 3.64. The standard InChI is InChI=1S/C17H24N2O3S/c1-15(2,3)22-14(21)19-11-16-8-17(9-16,10-16)13(20)23-12-6-4-5-7-18-12/h4-7,20,23H,8-11H2,1-3H3,(H,19,21). The molecule has 126 valence electrons. The van der Waals surface area contributed by atoms with Gasteiger partial charge < -0.3 is 15.2 Å². The summed E-state index contributed by atoms with van der Waals surface area (Å²) in [5.41, 5.74) is -0.391. The van der Waals surface area contributed by atoms with Gasteiger partial charge in [-0.3, -0.25) is 4.98 Å². The lowest BCUT2D eigenvalue weighted by molar-refractivity contribution is -0.155. The van der Waals surface area contributed by atoms with E-state index in [-0.39, 0.29) is 16.9 Å². The molecule has 3 aliphatic carbocycles. The van der Waals surface area contributed by atoms with Gasteiger partial charge in [0.1, 0.15) is 5.60 Å². The summed E-state index contributed by atoms with van der Waals surface area (Å²) in [6, 6.07) is 5.72. The van der Waals surface area contributed by atoms with Gasteiger partial charge in [-0.1, -0.05) is 6.07 Å². The van der Waals surface area contributed by atoms with Crippen LogP contribution in [0.25, 0.3) is 0 Å².